The van der Waals surface area contributed by atoms with E-state index in [9.17, 15) is 4.79 Å². The lowest BCUT2D eigenvalue weighted by atomic mass is 10.1. The minimum atomic E-state index is -0.638. The third-order valence-electron chi connectivity index (χ3n) is 5.82. The zero-order chi connectivity index (χ0) is 23.8. The van der Waals surface area contributed by atoms with Gasteiger partial charge in [-0.3, -0.25) is 4.68 Å². The van der Waals surface area contributed by atoms with Crippen molar-refractivity contribution in [3.05, 3.63) is 65.7 Å². The van der Waals surface area contributed by atoms with Crippen LogP contribution in [0.2, 0.25) is 0 Å². The summed E-state index contributed by atoms with van der Waals surface area (Å²) in [5, 5.41) is 7.64. The van der Waals surface area contributed by atoms with E-state index in [2.05, 4.69) is 28.8 Å². The quantitative estimate of drug-likeness (QED) is 0.393. The van der Waals surface area contributed by atoms with Crippen LogP contribution in [-0.2, 0) is 17.8 Å². The number of hydrogen-bond acceptors (Lipinski definition) is 7. The van der Waals surface area contributed by atoms with Crippen LogP contribution in [0.3, 0.4) is 0 Å². The molecule has 0 radical (unpaired) electrons. The van der Waals surface area contributed by atoms with Crippen molar-refractivity contribution < 1.29 is 19.0 Å². The summed E-state index contributed by atoms with van der Waals surface area (Å²) in [6.45, 7) is 5.82. The molecule has 1 unspecified atom stereocenters. The molecule has 9 nitrogen and oxygen atoms in total. The molecular formula is C25H27N5O4. The Labute approximate surface area is 197 Å². The summed E-state index contributed by atoms with van der Waals surface area (Å²) < 4.78 is 20.5. The number of imidazole rings is 1. The van der Waals surface area contributed by atoms with Gasteiger partial charge < -0.3 is 24.1 Å². The van der Waals surface area contributed by atoms with Crippen LogP contribution in [0.15, 0.2) is 48.8 Å². The first-order chi connectivity index (χ1) is 16.5. The second kappa shape index (κ2) is 8.74. The summed E-state index contributed by atoms with van der Waals surface area (Å²) in [7, 11) is 3.04. The molecule has 0 aliphatic carbocycles. The Kier molecular flexibility index (Phi) is 5.61. The standard InChI is InChI=1S/C25H27N5O4/c1-15(2)13-30-19-8-6-16(12-18(19)28-21(30)14-29-11-5-10-26-29)27-24-17-7-9-20(32-3)23(33-4)22(17)25(31)34-24/h5-12,15,24,27H,13-14H2,1-4H3. The summed E-state index contributed by atoms with van der Waals surface area (Å²) in [4.78, 5) is 17.5. The topological polar surface area (TPSA) is 92.4 Å². The number of ether oxygens (including phenoxy) is 3. The van der Waals surface area contributed by atoms with Crippen LogP contribution in [0.1, 0.15) is 41.8 Å². The number of cyclic esters (lactones) is 1. The number of benzene rings is 2. The van der Waals surface area contributed by atoms with Gasteiger partial charge in [-0.25, -0.2) is 9.78 Å². The van der Waals surface area contributed by atoms with E-state index >= 15 is 0 Å². The number of nitrogens with one attached hydrogen (secondary N) is 1. The number of fused-ring (bicyclic) bond motifs is 2. The maximum absolute atomic E-state index is 12.6. The van der Waals surface area contributed by atoms with E-state index in [4.69, 9.17) is 19.2 Å². The predicted octanol–water partition coefficient (Wildman–Crippen LogP) is 4.24. The number of hydrogen-bond donors (Lipinski definition) is 1. The van der Waals surface area contributed by atoms with E-state index in [1.54, 1.807) is 12.3 Å². The summed E-state index contributed by atoms with van der Waals surface area (Å²) >= 11 is 0. The number of esters is 1. The highest BCUT2D eigenvalue weighted by atomic mass is 16.6. The normalized spacial score (nSPS) is 15.0. The van der Waals surface area contributed by atoms with Crippen LogP contribution in [0.4, 0.5) is 5.69 Å². The van der Waals surface area contributed by atoms with Crippen molar-refractivity contribution in [1.29, 1.82) is 0 Å². The van der Waals surface area contributed by atoms with Gasteiger partial charge in [-0.1, -0.05) is 13.8 Å². The van der Waals surface area contributed by atoms with Gasteiger partial charge in [-0.15, -0.1) is 0 Å². The fraction of sp³-hybridized carbons (Fsp3) is 0.320. The van der Waals surface area contributed by atoms with Gasteiger partial charge in [0.15, 0.2) is 11.5 Å². The molecule has 2 aromatic carbocycles. The number of aromatic nitrogens is 4. The van der Waals surface area contributed by atoms with Gasteiger partial charge in [0.25, 0.3) is 0 Å². The first-order valence-electron chi connectivity index (χ1n) is 11.2. The van der Waals surface area contributed by atoms with E-state index in [1.807, 2.05) is 41.2 Å². The average Bonchev–Trinajstić information content (AvgIpc) is 3.52. The minimum absolute atomic E-state index is 0.375. The van der Waals surface area contributed by atoms with Gasteiger partial charge in [0.2, 0.25) is 6.23 Å². The van der Waals surface area contributed by atoms with Crippen LogP contribution in [-0.4, -0.2) is 39.5 Å². The predicted molar refractivity (Wildman–Crippen MR) is 127 cm³/mol. The van der Waals surface area contributed by atoms with E-state index in [0.717, 1.165) is 29.1 Å². The number of carbonyl (C=O) groups is 1. The molecule has 3 heterocycles. The third kappa shape index (κ3) is 3.83. The second-order valence-corrected chi connectivity index (χ2v) is 8.63. The molecule has 1 aliphatic heterocycles. The Morgan fingerprint density at radius 3 is 2.74 bits per heavy atom. The number of nitrogens with zero attached hydrogens (tertiary/aromatic N) is 4. The molecule has 0 saturated carbocycles. The Balaban J connectivity index is 1.47. The summed E-state index contributed by atoms with van der Waals surface area (Å²) in [6.07, 6.45) is 3.06. The zero-order valence-corrected chi connectivity index (χ0v) is 19.6. The zero-order valence-electron chi connectivity index (χ0n) is 19.6. The van der Waals surface area contributed by atoms with E-state index < -0.39 is 12.2 Å². The van der Waals surface area contributed by atoms with Gasteiger partial charge in [0.05, 0.1) is 31.8 Å². The van der Waals surface area contributed by atoms with Crippen LogP contribution < -0.4 is 14.8 Å². The molecule has 1 N–H and O–H groups in total. The minimum Gasteiger partial charge on any atom is -0.493 e. The number of rotatable bonds is 8. The van der Waals surface area contributed by atoms with Crippen LogP contribution in [0.5, 0.6) is 11.5 Å². The molecule has 1 atom stereocenters. The molecule has 9 heteroatoms. The van der Waals surface area contributed by atoms with Crippen LogP contribution in [0.25, 0.3) is 11.0 Å². The van der Waals surface area contributed by atoms with Gasteiger partial charge in [-0.05, 0) is 42.3 Å². The molecule has 4 aromatic rings. The van der Waals surface area contributed by atoms with Crippen molar-refractivity contribution >= 4 is 22.7 Å². The molecule has 34 heavy (non-hydrogen) atoms. The average molecular weight is 462 g/mol. The molecule has 0 saturated heterocycles. The first kappa shape index (κ1) is 21.8. The van der Waals surface area contributed by atoms with Crippen molar-refractivity contribution in [2.45, 2.75) is 33.2 Å². The summed E-state index contributed by atoms with van der Waals surface area (Å²) in [5.74, 6) is 1.82. The molecule has 0 amide bonds. The largest absolute Gasteiger partial charge is 0.493 e. The van der Waals surface area contributed by atoms with Crippen molar-refractivity contribution in [3.8, 4) is 11.5 Å². The molecular weight excluding hydrogens is 434 g/mol. The van der Waals surface area contributed by atoms with Gasteiger partial charge in [-0.2, -0.15) is 5.10 Å². The number of anilines is 1. The first-order valence-corrected chi connectivity index (χ1v) is 11.2. The van der Waals surface area contributed by atoms with Gasteiger partial charge in [0.1, 0.15) is 11.4 Å². The highest BCUT2D eigenvalue weighted by Gasteiger charge is 2.36. The van der Waals surface area contributed by atoms with E-state index in [1.165, 1.54) is 14.2 Å². The molecule has 1 aliphatic rings. The molecule has 0 bridgehead atoms. The third-order valence-corrected chi connectivity index (χ3v) is 5.82. The molecule has 176 valence electrons. The van der Waals surface area contributed by atoms with Crippen LogP contribution >= 0.6 is 0 Å². The van der Waals surface area contributed by atoms with E-state index in [0.29, 0.717) is 35.1 Å². The lowest BCUT2D eigenvalue weighted by Gasteiger charge is -2.15. The lowest BCUT2D eigenvalue weighted by molar-refractivity contribution is 0.0435. The number of methoxy groups -OCH3 is 2. The number of carbonyl (C=O) groups excluding carboxylic acids is 1. The fourth-order valence-electron chi connectivity index (χ4n) is 4.36. The Hall–Kier alpha value is -4.01. The maximum Gasteiger partial charge on any atom is 0.344 e. The highest BCUT2D eigenvalue weighted by molar-refractivity contribution is 5.98. The molecule has 5 rings (SSSR count). The molecule has 0 spiro atoms. The van der Waals surface area contributed by atoms with Crippen molar-refractivity contribution in [2.75, 3.05) is 19.5 Å². The monoisotopic (exact) mass is 461 g/mol. The molecule has 0 fully saturated rings. The Bertz CT molecular complexity index is 1340. The Morgan fingerprint density at radius 1 is 1.18 bits per heavy atom. The van der Waals surface area contributed by atoms with Crippen molar-refractivity contribution in [1.82, 2.24) is 19.3 Å². The van der Waals surface area contributed by atoms with Crippen LogP contribution in [0, 0.1) is 5.92 Å². The van der Waals surface area contributed by atoms with Gasteiger partial charge in [0, 0.05) is 30.2 Å². The lowest BCUT2D eigenvalue weighted by Crippen LogP contribution is -2.12. The SMILES string of the molecule is COc1ccc2c(c1OC)C(=O)OC2Nc1ccc2c(c1)nc(Cn1cccn1)n2CC(C)C. The second-order valence-electron chi connectivity index (χ2n) is 8.63. The highest BCUT2D eigenvalue weighted by Crippen LogP contribution is 2.42. The smallest absolute Gasteiger partial charge is 0.344 e. The van der Waals surface area contributed by atoms with Crippen molar-refractivity contribution in [3.63, 3.8) is 0 Å². The maximum atomic E-state index is 12.6. The van der Waals surface area contributed by atoms with E-state index in [-0.39, 0.29) is 0 Å². The van der Waals surface area contributed by atoms with Crippen molar-refractivity contribution in [2.24, 2.45) is 5.92 Å². The molecule has 2 aromatic heterocycles. The van der Waals surface area contributed by atoms with Gasteiger partial charge >= 0.3 is 5.97 Å². The summed E-state index contributed by atoms with van der Waals surface area (Å²) in [6, 6.07) is 11.5. The Morgan fingerprint density at radius 2 is 2.03 bits per heavy atom. The fourth-order valence-corrected chi connectivity index (χ4v) is 4.36. The summed E-state index contributed by atoms with van der Waals surface area (Å²) in [5.41, 5.74) is 3.80.